The van der Waals surface area contributed by atoms with Gasteiger partial charge in [-0.25, -0.2) is 12.8 Å². The lowest BCUT2D eigenvalue weighted by Crippen LogP contribution is -2.15. The summed E-state index contributed by atoms with van der Waals surface area (Å²) in [5, 5.41) is 0.308. The van der Waals surface area contributed by atoms with Crippen LogP contribution in [0.5, 0.6) is 0 Å². The van der Waals surface area contributed by atoms with Gasteiger partial charge in [0, 0.05) is 5.02 Å². The molecule has 21 heavy (non-hydrogen) atoms. The van der Waals surface area contributed by atoms with Gasteiger partial charge >= 0.3 is 0 Å². The second-order valence-corrected chi connectivity index (χ2v) is 6.93. The summed E-state index contributed by atoms with van der Waals surface area (Å²) in [6.45, 7) is 0. The fraction of sp³-hybridized carbons (Fsp3) is 0. The number of hydrogen-bond acceptors (Lipinski definition) is 3. The molecule has 0 amide bonds. The molecule has 0 atom stereocenters. The highest BCUT2D eigenvalue weighted by molar-refractivity contribution is 7.93. The first-order chi connectivity index (χ1) is 9.70. The van der Waals surface area contributed by atoms with E-state index in [4.69, 9.17) is 40.5 Å². The number of benzene rings is 2. The van der Waals surface area contributed by atoms with Gasteiger partial charge < -0.3 is 5.73 Å². The lowest BCUT2D eigenvalue weighted by Gasteiger charge is -2.13. The Bertz CT molecular complexity index is 789. The number of rotatable bonds is 3. The molecule has 4 nitrogen and oxygen atoms in total. The quantitative estimate of drug-likeness (QED) is 0.798. The third-order valence-electron chi connectivity index (χ3n) is 2.50. The zero-order chi connectivity index (χ0) is 15.8. The first-order valence-electron chi connectivity index (χ1n) is 5.43. The Morgan fingerprint density at radius 3 is 2.14 bits per heavy atom. The van der Waals surface area contributed by atoms with Crippen LogP contribution < -0.4 is 10.5 Å². The van der Waals surface area contributed by atoms with Gasteiger partial charge in [-0.15, -0.1) is 0 Å². The minimum Gasteiger partial charge on any atom is -0.398 e. The van der Waals surface area contributed by atoms with Crippen molar-refractivity contribution in [2.75, 3.05) is 10.5 Å². The summed E-state index contributed by atoms with van der Waals surface area (Å²) in [6, 6.07) is 5.60. The van der Waals surface area contributed by atoms with Crippen LogP contribution in [0.25, 0.3) is 0 Å². The third kappa shape index (κ3) is 3.52. The van der Waals surface area contributed by atoms with Crippen LogP contribution in [0, 0.1) is 5.82 Å². The molecule has 0 aromatic heterocycles. The second-order valence-electron chi connectivity index (χ2n) is 4.03. The summed E-state index contributed by atoms with van der Waals surface area (Å²) >= 11 is 17.6. The highest BCUT2D eigenvalue weighted by Crippen LogP contribution is 2.35. The van der Waals surface area contributed by atoms with Crippen molar-refractivity contribution in [3.05, 3.63) is 51.2 Å². The molecule has 0 heterocycles. The number of nitrogens with one attached hydrogen (secondary N) is 1. The topological polar surface area (TPSA) is 72.2 Å². The maximum absolute atomic E-state index is 13.0. The lowest BCUT2D eigenvalue weighted by atomic mass is 10.3. The number of hydrogen-bond donors (Lipinski definition) is 2. The molecule has 0 aliphatic rings. The van der Waals surface area contributed by atoms with E-state index < -0.39 is 15.8 Å². The van der Waals surface area contributed by atoms with E-state index in [9.17, 15) is 12.8 Å². The highest BCUT2D eigenvalue weighted by atomic mass is 35.5. The molecule has 2 aromatic rings. The van der Waals surface area contributed by atoms with E-state index in [1.54, 1.807) is 0 Å². The Labute approximate surface area is 135 Å². The molecule has 3 N–H and O–H groups in total. The summed E-state index contributed by atoms with van der Waals surface area (Å²) in [4.78, 5) is -0.286. The van der Waals surface area contributed by atoms with Gasteiger partial charge in [0.2, 0.25) is 0 Å². The molecule has 2 rings (SSSR count). The molecule has 0 saturated heterocycles. The molecular weight excluding hydrogens is 362 g/mol. The molecule has 9 heteroatoms. The maximum atomic E-state index is 13.0. The third-order valence-corrected chi connectivity index (χ3v) is 4.74. The number of nitrogen functional groups attached to an aromatic ring is 1. The van der Waals surface area contributed by atoms with Crippen molar-refractivity contribution in [2.24, 2.45) is 0 Å². The van der Waals surface area contributed by atoms with Crippen molar-refractivity contribution in [3.8, 4) is 0 Å². The molecule has 0 bridgehead atoms. The molecule has 0 aliphatic carbocycles. The Morgan fingerprint density at radius 1 is 1.05 bits per heavy atom. The molecule has 0 radical (unpaired) electrons. The van der Waals surface area contributed by atoms with E-state index in [-0.39, 0.29) is 31.3 Å². The fourth-order valence-electron chi connectivity index (χ4n) is 1.59. The lowest BCUT2D eigenvalue weighted by molar-refractivity contribution is 0.600. The van der Waals surface area contributed by atoms with Gasteiger partial charge in [-0.2, -0.15) is 0 Å². The summed E-state index contributed by atoms with van der Waals surface area (Å²) in [7, 11) is -4.07. The fourth-order valence-corrected chi connectivity index (χ4v) is 3.83. The summed E-state index contributed by atoms with van der Waals surface area (Å²) in [6.07, 6.45) is 0. The van der Waals surface area contributed by atoms with Gasteiger partial charge in [0.25, 0.3) is 10.0 Å². The van der Waals surface area contributed by atoms with Crippen LogP contribution in [0.2, 0.25) is 15.1 Å². The van der Waals surface area contributed by atoms with Gasteiger partial charge in [-0.1, -0.05) is 34.8 Å². The van der Waals surface area contributed by atoms with Crippen molar-refractivity contribution in [3.63, 3.8) is 0 Å². The van der Waals surface area contributed by atoms with Crippen molar-refractivity contribution >= 4 is 56.2 Å². The molecule has 0 unspecified atom stereocenters. The van der Waals surface area contributed by atoms with Crippen molar-refractivity contribution in [1.29, 1.82) is 0 Å². The maximum Gasteiger partial charge on any atom is 0.264 e. The monoisotopic (exact) mass is 368 g/mol. The molecular formula is C12H8Cl3FN2O2S. The normalized spacial score (nSPS) is 11.4. The highest BCUT2D eigenvalue weighted by Gasteiger charge is 2.21. The number of sulfonamides is 1. The van der Waals surface area contributed by atoms with Gasteiger partial charge in [0.1, 0.15) is 10.7 Å². The number of anilines is 2. The summed E-state index contributed by atoms with van der Waals surface area (Å²) in [5.74, 6) is -0.644. The Balaban J connectivity index is 2.47. The predicted octanol–water partition coefficient (Wildman–Crippen LogP) is 4.17. The first-order valence-corrected chi connectivity index (χ1v) is 8.05. The Morgan fingerprint density at radius 2 is 1.62 bits per heavy atom. The van der Waals surface area contributed by atoms with Crippen LogP contribution >= 0.6 is 34.8 Å². The first kappa shape index (κ1) is 16.2. The average Bonchev–Trinajstić information content (AvgIpc) is 2.33. The predicted molar refractivity (Wildman–Crippen MR) is 83.1 cm³/mol. The van der Waals surface area contributed by atoms with Crippen molar-refractivity contribution in [2.45, 2.75) is 4.90 Å². The van der Waals surface area contributed by atoms with Gasteiger partial charge in [0.15, 0.2) is 0 Å². The standard InChI is InChI=1S/C12H8Cl3FN2O2S/c13-6-3-8(14)12(9(15)4-6)18-21(19,20)11-2-1-7(16)5-10(11)17/h1-5,18H,17H2. The minimum atomic E-state index is -4.07. The van der Waals surface area contributed by atoms with E-state index in [1.165, 1.54) is 12.1 Å². The molecule has 0 fully saturated rings. The zero-order valence-corrected chi connectivity index (χ0v) is 13.3. The van der Waals surface area contributed by atoms with E-state index in [1.807, 2.05) is 0 Å². The van der Waals surface area contributed by atoms with Crippen LogP contribution in [0.4, 0.5) is 15.8 Å². The van der Waals surface area contributed by atoms with E-state index in [0.29, 0.717) is 0 Å². The van der Waals surface area contributed by atoms with E-state index >= 15 is 0 Å². The van der Waals surface area contributed by atoms with Gasteiger partial charge in [-0.05, 0) is 30.3 Å². The molecule has 0 aliphatic heterocycles. The van der Waals surface area contributed by atoms with Crippen molar-refractivity contribution in [1.82, 2.24) is 0 Å². The minimum absolute atomic E-state index is 0.0248. The van der Waals surface area contributed by atoms with Gasteiger partial charge in [-0.3, -0.25) is 4.72 Å². The van der Waals surface area contributed by atoms with Crippen LogP contribution in [-0.4, -0.2) is 8.42 Å². The summed E-state index contributed by atoms with van der Waals surface area (Å²) < 4.78 is 39.7. The van der Waals surface area contributed by atoms with Gasteiger partial charge in [0.05, 0.1) is 21.4 Å². The van der Waals surface area contributed by atoms with Crippen molar-refractivity contribution < 1.29 is 12.8 Å². The molecule has 0 saturated carbocycles. The Hall–Kier alpha value is -1.21. The number of nitrogens with two attached hydrogens (primary N) is 1. The van der Waals surface area contributed by atoms with Crippen LogP contribution in [0.3, 0.4) is 0 Å². The number of halogens is 4. The second kappa shape index (κ2) is 5.88. The van der Waals surface area contributed by atoms with E-state index in [0.717, 1.165) is 18.2 Å². The molecule has 2 aromatic carbocycles. The summed E-state index contributed by atoms with van der Waals surface area (Å²) in [5.41, 5.74) is 5.25. The molecule has 0 spiro atoms. The van der Waals surface area contributed by atoms with Crippen LogP contribution in [-0.2, 0) is 10.0 Å². The largest absolute Gasteiger partial charge is 0.398 e. The van der Waals surface area contributed by atoms with Crippen LogP contribution in [0.15, 0.2) is 35.2 Å². The molecule has 112 valence electrons. The zero-order valence-electron chi connectivity index (χ0n) is 10.2. The van der Waals surface area contributed by atoms with E-state index in [2.05, 4.69) is 4.72 Å². The SMILES string of the molecule is Nc1cc(F)ccc1S(=O)(=O)Nc1c(Cl)cc(Cl)cc1Cl. The van der Waals surface area contributed by atoms with Crippen LogP contribution in [0.1, 0.15) is 0 Å². The smallest absolute Gasteiger partial charge is 0.264 e. The Kier molecular flexibility index (Phi) is 4.53. The average molecular weight is 370 g/mol.